The Morgan fingerprint density at radius 2 is 1.61 bits per heavy atom. The van der Waals surface area contributed by atoms with Crippen molar-refractivity contribution in [3.63, 3.8) is 0 Å². The van der Waals surface area contributed by atoms with E-state index in [1.807, 2.05) is 6.92 Å². The molecule has 1 aromatic carbocycles. The van der Waals surface area contributed by atoms with Gasteiger partial charge in [0.05, 0.1) is 17.7 Å². The van der Waals surface area contributed by atoms with Gasteiger partial charge in [-0.3, -0.25) is 0 Å². The Kier molecular flexibility index (Phi) is 9.37. The molecule has 6 nitrogen and oxygen atoms in total. The Hall–Kier alpha value is -1.92. The summed E-state index contributed by atoms with van der Waals surface area (Å²) >= 11 is 0. The van der Waals surface area contributed by atoms with Gasteiger partial charge in [0.15, 0.2) is 0 Å². The monoisotopic (exact) mass is 256 g/mol. The summed E-state index contributed by atoms with van der Waals surface area (Å²) in [6, 6.07) is 5.69. The first-order valence-corrected chi connectivity index (χ1v) is 5.15. The van der Waals surface area contributed by atoms with Crippen LogP contribution in [0.25, 0.3) is 0 Å². The van der Waals surface area contributed by atoms with Gasteiger partial charge >= 0.3 is 11.9 Å². The first-order chi connectivity index (χ1) is 7.65. The van der Waals surface area contributed by atoms with E-state index < -0.39 is 11.9 Å². The molecule has 7 N–H and O–H groups in total. The molecule has 0 aromatic heterocycles. The maximum absolute atomic E-state index is 11.4. The second-order valence-electron chi connectivity index (χ2n) is 3.37. The third-order valence-electron chi connectivity index (χ3n) is 2.10. The van der Waals surface area contributed by atoms with Gasteiger partial charge in [-0.15, -0.1) is 0 Å². The van der Waals surface area contributed by atoms with Crippen LogP contribution >= 0.6 is 0 Å². The van der Waals surface area contributed by atoms with Crippen molar-refractivity contribution in [1.29, 1.82) is 0 Å². The largest absolute Gasteiger partial charge is 0.478 e. The van der Waals surface area contributed by atoms with E-state index in [1.165, 1.54) is 24.3 Å². The first-order valence-electron chi connectivity index (χ1n) is 5.15. The highest BCUT2D eigenvalue weighted by atomic mass is 16.5. The Bertz CT molecular complexity index is 376. The smallest absolute Gasteiger partial charge is 0.338 e. The average Bonchev–Trinajstić information content (AvgIpc) is 2.29. The van der Waals surface area contributed by atoms with Crippen molar-refractivity contribution in [2.45, 2.75) is 19.8 Å². The number of hydrogen-bond donors (Lipinski definition) is 3. The summed E-state index contributed by atoms with van der Waals surface area (Å²) in [5, 5.41) is 8.67. The second-order valence-corrected chi connectivity index (χ2v) is 3.37. The molecule has 0 spiro atoms. The maximum Gasteiger partial charge on any atom is 0.338 e. The molecule has 0 aliphatic heterocycles. The van der Waals surface area contributed by atoms with Gasteiger partial charge in [-0.25, -0.2) is 9.59 Å². The van der Waals surface area contributed by atoms with Crippen molar-refractivity contribution in [2.24, 2.45) is 0 Å². The van der Waals surface area contributed by atoms with Crippen molar-refractivity contribution in [3.05, 3.63) is 35.4 Å². The minimum atomic E-state index is -1.01. The summed E-state index contributed by atoms with van der Waals surface area (Å²) in [4.78, 5) is 22.0. The second kappa shape index (κ2) is 9.15. The van der Waals surface area contributed by atoms with E-state index in [4.69, 9.17) is 9.84 Å². The molecule has 1 rings (SSSR count). The lowest BCUT2D eigenvalue weighted by molar-refractivity contribution is 0.0498. The van der Waals surface area contributed by atoms with Crippen LogP contribution in [0.4, 0.5) is 0 Å². The average molecular weight is 256 g/mol. The third kappa shape index (κ3) is 5.42. The summed E-state index contributed by atoms with van der Waals surface area (Å²) in [6.07, 6.45) is 1.80. The summed E-state index contributed by atoms with van der Waals surface area (Å²) in [7, 11) is 0. The molecule has 0 saturated heterocycles. The third-order valence-corrected chi connectivity index (χ3v) is 2.10. The van der Waals surface area contributed by atoms with Crippen molar-refractivity contribution < 1.29 is 19.4 Å². The highest BCUT2D eigenvalue weighted by Gasteiger charge is 2.08. The topological polar surface area (TPSA) is 134 Å². The van der Waals surface area contributed by atoms with E-state index in [-0.39, 0.29) is 17.9 Å². The highest BCUT2D eigenvalue weighted by Crippen LogP contribution is 2.06. The van der Waals surface area contributed by atoms with Gasteiger partial charge < -0.3 is 22.1 Å². The molecule has 0 bridgehead atoms. The zero-order chi connectivity index (χ0) is 12.0. The van der Waals surface area contributed by atoms with Gasteiger partial charge in [0, 0.05) is 0 Å². The maximum atomic E-state index is 11.4. The van der Waals surface area contributed by atoms with Crippen LogP contribution in [0.1, 0.15) is 40.5 Å². The van der Waals surface area contributed by atoms with E-state index in [0.717, 1.165) is 12.8 Å². The van der Waals surface area contributed by atoms with E-state index >= 15 is 0 Å². The Balaban J connectivity index is 0. The van der Waals surface area contributed by atoms with Crippen LogP contribution in [0.2, 0.25) is 0 Å². The molecule has 0 saturated carbocycles. The van der Waals surface area contributed by atoms with Gasteiger partial charge in [0.2, 0.25) is 0 Å². The van der Waals surface area contributed by atoms with Crippen LogP contribution in [0.5, 0.6) is 0 Å². The summed E-state index contributed by atoms with van der Waals surface area (Å²) in [5.74, 6) is -1.42. The minimum absolute atomic E-state index is 0. The van der Waals surface area contributed by atoms with Crippen LogP contribution < -0.4 is 12.3 Å². The first kappa shape index (κ1) is 18.4. The predicted octanol–water partition coefficient (Wildman–Crippen LogP) is 2.67. The number of carboxylic acids is 1. The van der Waals surface area contributed by atoms with E-state index in [0.29, 0.717) is 12.2 Å². The molecule has 0 aliphatic rings. The van der Waals surface area contributed by atoms with Crippen molar-refractivity contribution >= 4 is 11.9 Å². The summed E-state index contributed by atoms with van der Waals surface area (Å²) < 4.78 is 4.98. The van der Waals surface area contributed by atoms with Gasteiger partial charge in [-0.1, -0.05) is 13.3 Å². The van der Waals surface area contributed by atoms with Gasteiger partial charge in [-0.05, 0) is 30.7 Å². The van der Waals surface area contributed by atoms with Crippen LogP contribution in [-0.2, 0) is 4.74 Å². The molecule has 0 aliphatic carbocycles. The number of hydrogen-bond acceptors (Lipinski definition) is 5. The molecule has 6 heteroatoms. The molecular formula is C12H20N2O4. The van der Waals surface area contributed by atoms with Crippen molar-refractivity contribution in [3.8, 4) is 0 Å². The number of carbonyl (C=O) groups excluding carboxylic acids is 1. The lowest BCUT2D eigenvalue weighted by Crippen LogP contribution is -2.06. The fourth-order valence-electron chi connectivity index (χ4n) is 1.14. The zero-order valence-electron chi connectivity index (χ0n) is 10.5. The number of esters is 1. The number of carbonyl (C=O) groups is 2. The van der Waals surface area contributed by atoms with Crippen molar-refractivity contribution in [2.75, 3.05) is 6.61 Å². The zero-order valence-corrected chi connectivity index (χ0v) is 10.5. The molecule has 0 unspecified atom stereocenters. The lowest BCUT2D eigenvalue weighted by atomic mass is 10.1. The normalized spacial score (nSPS) is 8.72. The number of benzene rings is 1. The molecule has 18 heavy (non-hydrogen) atoms. The predicted molar refractivity (Wildman–Crippen MR) is 68.6 cm³/mol. The number of rotatable bonds is 5. The Labute approximate surface area is 106 Å². The van der Waals surface area contributed by atoms with Gasteiger partial charge in [-0.2, -0.15) is 0 Å². The quantitative estimate of drug-likeness (QED) is 0.547. The van der Waals surface area contributed by atoms with E-state index in [9.17, 15) is 9.59 Å². The lowest BCUT2D eigenvalue weighted by Gasteiger charge is -2.03. The van der Waals surface area contributed by atoms with Crippen molar-refractivity contribution in [1.82, 2.24) is 12.3 Å². The van der Waals surface area contributed by atoms with Gasteiger partial charge in [0.25, 0.3) is 0 Å². The molecule has 0 heterocycles. The molecule has 0 fully saturated rings. The SMILES string of the molecule is CCCCOC(=O)c1ccc(C(=O)O)cc1.N.N. The highest BCUT2D eigenvalue weighted by molar-refractivity contribution is 5.92. The number of carboxylic acid groups (broad SMARTS) is 1. The molecule has 0 amide bonds. The molecular weight excluding hydrogens is 236 g/mol. The number of aromatic carboxylic acids is 1. The van der Waals surface area contributed by atoms with E-state index in [2.05, 4.69) is 0 Å². The fraction of sp³-hybridized carbons (Fsp3) is 0.333. The van der Waals surface area contributed by atoms with Crippen LogP contribution in [0.3, 0.4) is 0 Å². The molecule has 0 atom stereocenters. The fourth-order valence-corrected chi connectivity index (χ4v) is 1.14. The molecule has 102 valence electrons. The summed E-state index contributed by atoms with van der Waals surface area (Å²) in [6.45, 7) is 2.41. The standard InChI is InChI=1S/C12H14O4.2H3N/c1-2-3-8-16-12(15)10-6-4-9(5-7-10)11(13)14;;/h4-7H,2-3,8H2,1H3,(H,13,14);2*1H3. The molecule has 0 radical (unpaired) electrons. The minimum Gasteiger partial charge on any atom is -0.478 e. The van der Waals surface area contributed by atoms with Crippen LogP contribution in [0.15, 0.2) is 24.3 Å². The number of unbranched alkanes of at least 4 members (excludes halogenated alkanes) is 1. The molecule has 1 aromatic rings. The van der Waals surface area contributed by atoms with Crippen LogP contribution in [-0.4, -0.2) is 23.7 Å². The summed E-state index contributed by atoms with van der Waals surface area (Å²) in [5.41, 5.74) is 0.534. The van der Waals surface area contributed by atoms with E-state index in [1.54, 1.807) is 0 Å². The van der Waals surface area contributed by atoms with Gasteiger partial charge in [0.1, 0.15) is 0 Å². The van der Waals surface area contributed by atoms with Crippen LogP contribution in [0, 0.1) is 0 Å². The number of ether oxygens (including phenoxy) is 1. The Morgan fingerprint density at radius 3 is 2.06 bits per heavy atom. The Morgan fingerprint density at radius 1 is 1.11 bits per heavy atom.